The van der Waals surface area contributed by atoms with Crippen molar-refractivity contribution < 1.29 is 14.3 Å². The van der Waals surface area contributed by atoms with Gasteiger partial charge in [0.1, 0.15) is 5.75 Å². The largest absolute Gasteiger partial charge is 0.497 e. The molecule has 1 rings (SSSR count). The van der Waals surface area contributed by atoms with E-state index in [1.165, 1.54) is 0 Å². The lowest BCUT2D eigenvalue weighted by Crippen LogP contribution is -2.54. The number of ketones is 1. The van der Waals surface area contributed by atoms with Crippen LogP contribution in [0.4, 0.5) is 0 Å². The second-order valence-electron chi connectivity index (χ2n) is 6.33. The second-order valence-corrected chi connectivity index (χ2v) is 6.33. The number of nitrogens with one attached hydrogen (secondary N) is 1. The molecule has 0 saturated carbocycles. The number of Topliss-reactive ketones (excluding diaryl/α,β-unsaturated/α-hetero) is 1. The fourth-order valence-electron chi connectivity index (χ4n) is 2.14. The molecule has 0 heterocycles. The normalized spacial score (nSPS) is 12.9. The smallest absolute Gasteiger partial charge is 0.220 e. The van der Waals surface area contributed by atoms with E-state index in [0.29, 0.717) is 31.4 Å². The Morgan fingerprint density at radius 3 is 2.25 bits per heavy atom. The molecule has 1 aromatic rings. The third kappa shape index (κ3) is 6.49. The maximum absolute atomic E-state index is 12.1. The lowest BCUT2D eigenvalue weighted by Gasteiger charge is -2.33. The molecule has 1 atom stereocenters. The van der Waals surface area contributed by atoms with E-state index in [9.17, 15) is 9.59 Å². The Balaban J connectivity index is 0.00000529. The van der Waals surface area contributed by atoms with E-state index >= 15 is 0 Å². The van der Waals surface area contributed by atoms with Crippen LogP contribution >= 0.6 is 12.4 Å². The van der Waals surface area contributed by atoms with Gasteiger partial charge in [0.15, 0.2) is 5.78 Å². The molecule has 24 heavy (non-hydrogen) atoms. The average Bonchev–Trinajstić information content (AvgIpc) is 2.54. The minimum absolute atomic E-state index is 0. The van der Waals surface area contributed by atoms with Gasteiger partial charge in [-0.2, -0.15) is 0 Å². The Hall–Kier alpha value is -1.59. The number of hydrogen-bond acceptors (Lipinski definition) is 4. The van der Waals surface area contributed by atoms with Crippen molar-refractivity contribution in [2.45, 2.75) is 45.6 Å². The number of rotatable bonds is 9. The van der Waals surface area contributed by atoms with Crippen molar-refractivity contribution in [2.75, 3.05) is 13.7 Å². The summed E-state index contributed by atoms with van der Waals surface area (Å²) in [6.45, 7) is 6.39. The molecule has 5 nitrogen and oxygen atoms in total. The molecule has 1 amide bonds. The summed E-state index contributed by atoms with van der Waals surface area (Å²) in [4.78, 5) is 24.1. The molecule has 0 spiro atoms. The molecule has 0 fully saturated rings. The van der Waals surface area contributed by atoms with E-state index in [1.54, 1.807) is 31.4 Å². The van der Waals surface area contributed by atoms with Crippen LogP contribution in [0.1, 0.15) is 50.4 Å². The lowest BCUT2D eigenvalue weighted by atomic mass is 9.88. The number of halogens is 1. The van der Waals surface area contributed by atoms with Crippen LogP contribution in [0.5, 0.6) is 5.75 Å². The molecule has 0 aliphatic carbocycles. The number of carbonyl (C=O) groups excluding carboxylic acids is 2. The Morgan fingerprint density at radius 2 is 1.79 bits per heavy atom. The molecular formula is C18H29ClN2O3. The van der Waals surface area contributed by atoms with Crippen molar-refractivity contribution in [3.05, 3.63) is 29.8 Å². The summed E-state index contributed by atoms with van der Waals surface area (Å²) in [5.41, 5.74) is 5.99. The van der Waals surface area contributed by atoms with E-state index in [1.807, 2.05) is 20.8 Å². The molecule has 3 N–H and O–H groups in total. The van der Waals surface area contributed by atoms with E-state index in [2.05, 4.69) is 5.32 Å². The summed E-state index contributed by atoms with van der Waals surface area (Å²) in [7, 11) is 1.59. The van der Waals surface area contributed by atoms with Crippen LogP contribution in [0.15, 0.2) is 24.3 Å². The van der Waals surface area contributed by atoms with Gasteiger partial charge in [0.2, 0.25) is 5.91 Å². The van der Waals surface area contributed by atoms with Crippen molar-refractivity contribution in [1.29, 1.82) is 0 Å². The molecular weight excluding hydrogens is 328 g/mol. The van der Waals surface area contributed by atoms with Crippen LogP contribution in [0, 0.1) is 5.92 Å². The number of hydrogen-bond donors (Lipinski definition) is 2. The summed E-state index contributed by atoms with van der Waals surface area (Å²) in [5.74, 6) is 0.938. The standard InChI is InChI=1S/C18H28N2O3.ClH/c1-13(2)18(3,12-19)20-17(22)7-5-6-16(21)14-8-10-15(23-4)11-9-14;/h8-11,13H,5-7,12,19H2,1-4H3,(H,20,22);1H. The highest BCUT2D eigenvalue weighted by molar-refractivity contribution is 5.96. The van der Waals surface area contributed by atoms with Gasteiger partial charge >= 0.3 is 0 Å². The van der Waals surface area contributed by atoms with E-state index in [0.717, 1.165) is 5.75 Å². The monoisotopic (exact) mass is 356 g/mol. The van der Waals surface area contributed by atoms with Crippen molar-refractivity contribution in [2.24, 2.45) is 11.7 Å². The zero-order chi connectivity index (χ0) is 17.5. The zero-order valence-corrected chi connectivity index (χ0v) is 15.7. The maximum Gasteiger partial charge on any atom is 0.220 e. The van der Waals surface area contributed by atoms with Crippen molar-refractivity contribution in [1.82, 2.24) is 5.32 Å². The van der Waals surface area contributed by atoms with Gasteiger partial charge in [-0.25, -0.2) is 0 Å². The molecule has 1 unspecified atom stereocenters. The first-order valence-corrected chi connectivity index (χ1v) is 8.00. The van der Waals surface area contributed by atoms with Gasteiger partial charge in [0.05, 0.1) is 12.6 Å². The van der Waals surface area contributed by atoms with Gasteiger partial charge in [-0.3, -0.25) is 9.59 Å². The molecule has 0 aromatic heterocycles. The van der Waals surface area contributed by atoms with Crippen molar-refractivity contribution in [3.63, 3.8) is 0 Å². The minimum Gasteiger partial charge on any atom is -0.497 e. The Labute approximate surface area is 150 Å². The van der Waals surface area contributed by atoms with Crippen LogP contribution in [0.3, 0.4) is 0 Å². The van der Waals surface area contributed by atoms with E-state index < -0.39 is 5.54 Å². The first kappa shape index (κ1) is 22.4. The highest BCUT2D eigenvalue weighted by atomic mass is 35.5. The van der Waals surface area contributed by atoms with Crippen LogP contribution in [-0.4, -0.2) is 30.9 Å². The van der Waals surface area contributed by atoms with Crippen LogP contribution in [0.2, 0.25) is 0 Å². The van der Waals surface area contributed by atoms with Crippen LogP contribution in [0.25, 0.3) is 0 Å². The third-order valence-electron chi connectivity index (χ3n) is 4.34. The molecule has 6 heteroatoms. The van der Waals surface area contributed by atoms with Crippen LogP contribution in [-0.2, 0) is 4.79 Å². The number of methoxy groups -OCH3 is 1. The summed E-state index contributed by atoms with van der Waals surface area (Å²) < 4.78 is 5.06. The Morgan fingerprint density at radius 1 is 1.21 bits per heavy atom. The van der Waals surface area contributed by atoms with E-state index in [-0.39, 0.29) is 30.0 Å². The molecule has 1 aromatic carbocycles. The summed E-state index contributed by atoms with van der Waals surface area (Å²) in [6.07, 6.45) is 1.19. The minimum atomic E-state index is -0.406. The predicted octanol–water partition coefficient (Wildman–Crippen LogP) is 2.96. The molecule has 0 bridgehead atoms. The molecule has 0 aliphatic rings. The SMILES string of the molecule is COc1ccc(C(=O)CCCC(=O)NC(C)(CN)C(C)C)cc1.Cl. The van der Waals surface area contributed by atoms with Crippen molar-refractivity contribution >= 4 is 24.1 Å². The van der Waals surface area contributed by atoms with Gasteiger partial charge < -0.3 is 15.8 Å². The topological polar surface area (TPSA) is 81.4 Å². The van der Waals surface area contributed by atoms with Crippen molar-refractivity contribution in [3.8, 4) is 5.75 Å². The molecule has 0 aliphatic heterocycles. The summed E-state index contributed by atoms with van der Waals surface area (Å²) in [5, 5.41) is 2.98. The maximum atomic E-state index is 12.1. The first-order valence-electron chi connectivity index (χ1n) is 8.00. The fourth-order valence-corrected chi connectivity index (χ4v) is 2.14. The first-order chi connectivity index (χ1) is 10.8. The number of carbonyl (C=O) groups is 2. The highest BCUT2D eigenvalue weighted by Gasteiger charge is 2.28. The Bertz CT molecular complexity index is 532. The van der Waals surface area contributed by atoms with E-state index in [4.69, 9.17) is 10.5 Å². The molecule has 0 radical (unpaired) electrons. The summed E-state index contributed by atoms with van der Waals surface area (Å²) >= 11 is 0. The average molecular weight is 357 g/mol. The van der Waals surface area contributed by atoms with Gasteiger partial charge in [0.25, 0.3) is 0 Å². The number of benzene rings is 1. The fraction of sp³-hybridized carbons (Fsp3) is 0.556. The summed E-state index contributed by atoms with van der Waals surface area (Å²) in [6, 6.07) is 7.00. The highest BCUT2D eigenvalue weighted by Crippen LogP contribution is 2.16. The quantitative estimate of drug-likeness (QED) is 0.666. The second kappa shape index (κ2) is 10.3. The molecule has 0 saturated heterocycles. The van der Waals surface area contributed by atoms with Gasteiger partial charge in [-0.15, -0.1) is 12.4 Å². The Kier molecular flexibility index (Phi) is 9.63. The third-order valence-corrected chi connectivity index (χ3v) is 4.34. The number of nitrogens with two attached hydrogens (primary N) is 1. The van der Waals surface area contributed by atoms with Crippen LogP contribution < -0.4 is 15.8 Å². The predicted molar refractivity (Wildman–Crippen MR) is 98.9 cm³/mol. The molecule has 136 valence electrons. The number of ether oxygens (including phenoxy) is 1. The number of amides is 1. The van der Waals surface area contributed by atoms with Gasteiger partial charge in [0, 0.05) is 24.9 Å². The lowest BCUT2D eigenvalue weighted by molar-refractivity contribution is -0.123. The zero-order valence-electron chi connectivity index (χ0n) is 14.9. The van der Waals surface area contributed by atoms with Gasteiger partial charge in [-0.1, -0.05) is 13.8 Å². The van der Waals surface area contributed by atoms with Gasteiger partial charge in [-0.05, 0) is 43.5 Å².